The molecule has 0 saturated heterocycles. The first-order chi connectivity index (χ1) is 7.27. The maximum Gasteiger partial charge on any atom is 0.166 e. The minimum Gasteiger partial charge on any atom is -0.494 e. The highest BCUT2D eigenvalue weighted by molar-refractivity contribution is 5.39. The Bertz CT molecular complexity index is 377. The number of hydrogen-bond acceptors (Lipinski definition) is 2. The molecule has 0 amide bonds. The third kappa shape index (κ3) is 3.61. The lowest BCUT2D eigenvalue weighted by Crippen LogP contribution is -1.88. The Hall–Kier alpha value is -1.53. The molecule has 0 unspecified atom stereocenters. The smallest absolute Gasteiger partial charge is 0.166 e. The summed E-state index contributed by atoms with van der Waals surface area (Å²) < 4.78 is 18.0. The van der Waals surface area contributed by atoms with E-state index in [2.05, 4.69) is 11.8 Å². The van der Waals surface area contributed by atoms with Crippen LogP contribution in [0.25, 0.3) is 0 Å². The number of benzene rings is 1. The lowest BCUT2D eigenvalue weighted by Gasteiger charge is -2.00. The molecule has 0 aliphatic rings. The molecule has 1 N–H and O–H groups in total. The highest BCUT2D eigenvalue weighted by Crippen LogP contribution is 2.16. The number of hydrogen-bond donors (Lipinski definition) is 1. The summed E-state index contributed by atoms with van der Waals surface area (Å²) in [7, 11) is 1.42. The van der Waals surface area contributed by atoms with Gasteiger partial charge >= 0.3 is 0 Å². The van der Waals surface area contributed by atoms with Crippen molar-refractivity contribution in [2.24, 2.45) is 0 Å². The summed E-state index contributed by atoms with van der Waals surface area (Å²) in [6, 6.07) is 4.59. The molecule has 1 rings (SSSR count). The van der Waals surface area contributed by atoms with Crippen LogP contribution >= 0.6 is 0 Å². The third-order valence-electron chi connectivity index (χ3n) is 1.84. The van der Waals surface area contributed by atoms with E-state index in [1.807, 2.05) is 0 Å². The second-order valence-electron chi connectivity index (χ2n) is 2.98. The molecule has 3 heteroatoms. The van der Waals surface area contributed by atoms with Crippen LogP contribution in [0.5, 0.6) is 5.75 Å². The molecule has 80 valence electrons. The van der Waals surface area contributed by atoms with Crippen LogP contribution in [0.3, 0.4) is 0 Å². The van der Waals surface area contributed by atoms with Gasteiger partial charge in [0.15, 0.2) is 11.6 Å². The average molecular weight is 208 g/mol. The highest BCUT2D eigenvalue weighted by atomic mass is 19.1. The second kappa shape index (κ2) is 6.05. The fourth-order valence-electron chi connectivity index (χ4n) is 1.08. The standard InChI is InChI=1S/C12H13FO2/c1-15-12-7-6-10(9-11(12)13)5-3-2-4-8-14/h6-7,9,14H,2,4,8H2,1H3. The number of halogens is 1. The fraction of sp³-hybridized carbons (Fsp3) is 0.333. The first kappa shape index (κ1) is 11.5. The fourth-order valence-corrected chi connectivity index (χ4v) is 1.08. The van der Waals surface area contributed by atoms with E-state index in [-0.39, 0.29) is 12.4 Å². The summed E-state index contributed by atoms with van der Waals surface area (Å²) in [5.41, 5.74) is 0.617. The van der Waals surface area contributed by atoms with Gasteiger partial charge in [0.2, 0.25) is 0 Å². The first-order valence-electron chi connectivity index (χ1n) is 4.71. The topological polar surface area (TPSA) is 29.5 Å². The normalized spacial score (nSPS) is 9.27. The van der Waals surface area contributed by atoms with Gasteiger partial charge in [-0.2, -0.15) is 0 Å². The van der Waals surface area contributed by atoms with Crippen molar-refractivity contribution in [2.75, 3.05) is 13.7 Å². The third-order valence-corrected chi connectivity index (χ3v) is 1.84. The molecule has 0 radical (unpaired) electrons. The van der Waals surface area contributed by atoms with Crippen molar-refractivity contribution in [3.05, 3.63) is 29.6 Å². The maximum atomic E-state index is 13.2. The van der Waals surface area contributed by atoms with Crippen LogP contribution in [0.15, 0.2) is 18.2 Å². The lowest BCUT2D eigenvalue weighted by atomic mass is 10.2. The van der Waals surface area contributed by atoms with E-state index in [0.29, 0.717) is 18.4 Å². The van der Waals surface area contributed by atoms with Gasteiger partial charge in [-0.15, -0.1) is 0 Å². The van der Waals surface area contributed by atoms with Crippen LogP contribution < -0.4 is 4.74 Å². The monoisotopic (exact) mass is 208 g/mol. The van der Waals surface area contributed by atoms with Gasteiger partial charge in [0, 0.05) is 18.6 Å². The van der Waals surface area contributed by atoms with E-state index in [1.54, 1.807) is 12.1 Å². The second-order valence-corrected chi connectivity index (χ2v) is 2.98. The van der Waals surface area contributed by atoms with E-state index >= 15 is 0 Å². The first-order valence-corrected chi connectivity index (χ1v) is 4.71. The van der Waals surface area contributed by atoms with E-state index in [9.17, 15) is 4.39 Å². The molecule has 1 aromatic rings. The van der Waals surface area contributed by atoms with E-state index < -0.39 is 5.82 Å². The van der Waals surface area contributed by atoms with E-state index in [4.69, 9.17) is 9.84 Å². The van der Waals surface area contributed by atoms with Crippen molar-refractivity contribution in [3.8, 4) is 17.6 Å². The zero-order valence-corrected chi connectivity index (χ0v) is 8.59. The molecule has 0 fully saturated rings. The van der Waals surface area contributed by atoms with Crippen molar-refractivity contribution >= 4 is 0 Å². The molecule has 0 aliphatic heterocycles. The molecular formula is C12H13FO2. The number of ether oxygens (including phenoxy) is 1. The van der Waals surface area contributed by atoms with Crippen molar-refractivity contribution < 1.29 is 14.2 Å². The molecule has 0 spiro atoms. The van der Waals surface area contributed by atoms with Crippen LogP contribution in [0.2, 0.25) is 0 Å². The largest absolute Gasteiger partial charge is 0.494 e. The summed E-state index contributed by atoms with van der Waals surface area (Å²) >= 11 is 0. The zero-order valence-electron chi connectivity index (χ0n) is 8.59. The summed E-state index contributed by atoms with van der Waals surface area (Å²) in [4.78, 5) is 0. The van der Waals surface area contributed by atoms with Crippen LogP contribution in [0.4, 0.5) is 4.39 Å². The predicted molar refractivity (Wildman–Crippen MR) is 56.1 cm³/mol. The van der Waals surface area contributed by atoms with Crippen LogP contribution in [-0.4, -0.2) is 18.8 Å². The molecular weight excluding hydrogens is 195 g/mol. The van der Waals surface area contributed by atoms with Gasteiger partial charge in [-0.25, -0.2) is 4.39 Å². The number of aliphatic hydroxyl groups is 1. The maximum absolute atomic E-state index is 13.2. The Kier molecular flexibility index (Phi) is 4.65. The Labute approximate surface area is 88.7 Å². The number of methoxy groups -OCH3 is 1. The highest BCUT2D eigenvalue weighted by Gasteiger charge is 2.00. The van der Waals surface area contributed by atoms with Crippen molar-refractivity contribution in [1.29, 1.82) is 0 Å². The van der Waals surface area contributed by atoms with Gasteiger partial charge in [-0.1, -0.05) is 11.8 Å². The molecule has 0 aromatic heterocycles. The molecule has 1 aromatic carbocycles. The van der Waals surface area contributed by atoms with Crippen molar-refractivity contribution in [3.63, 3.8) is 0 Å². The molecule has 0 aliphatic carbocycles. The zero-order chi connectivity index (χ0) is 11.1. The Balaban J connectivity index is 2.69. The van der Waals surface area contributed by atoms with Gasteiger partial charge in [-0.05, 0) is 24.6 Å². The molecule has 0 atom stereocenters. The predicted octanol–water partition coefficient (Wildman–Crippen LogP) is 1.96. The summed E-state index contributed by atoms with van der Waals surface area (Å²) in [5.74, 6) is 5.47. The average Bonchev–Trinajstić information content (AvgIpc) is 2.25. The molecule has 2 nitrogen and oxygen atoms in total. The SMILES string of the molecule is COc1ccc(C#CCCCO)cc1F. The number of unbranched alkanes of at least 4 members (excludes halogenated alkanes) is 1. The molecule has 0 heterocycles. The summed E-state index contributed by atoms with van der Waals surface area (Å²) in [5, 5.41) is 8.53. The van der Waals surface area contributed by atoms with E-state index in [1.165, 1.54) is 13.2 Å². The number of rotatable bonds is 3. The Morgan fingerprint density at radius 1 is 1.47 bits per heavy atom. The van der Waals surface area contributed by atoms with Gasteiger partial charge < -0.3 is 9.84 Å². The Morgan fingerprint density at radius 2 is 2.27 bits per heavy atom. The molecule has 0 bridgehead atoms. The van der Waals surface area contributed by atoms with E-state index in [0.717, 1.165) is 0 Å². The van der Waals surface area contributed by atoms with Gasteiger partial charge in [0.05, 0.1) is 7.11 Å². The number of aliphatic hydroxyl groups excluding tert-OH is 1. The van der Waals surface area contributed by atoms with Gasteiger partial charge in [-0.3, -0.25) is 0 Å². The minimum absolute atomic E-state index is 0.131. The van der Waals surface area contributed by atoms with Crippen molar-refractivity contribution in [2.45, 2.75) is 12.8 Å². The quantitative estimate of drug-likeness (QED) is 0.607. The van der Waals surface area contributed by atoms with Gasteiger partial charge in [0.25, 0.3) is 0 Å². The van der Waals surface area contributed by atoms with Crippen molar-refractivity contribution in [1.82, 2.24) is 0 Å². The van der Waals surface area contributed by atoms with Crippen LogP contribution in [0, 0.1) is 17.7 Å². The lowest BCUT2D eigenvalue weighted by molar-refractivity contribution is 0.290. The van der Waals surface area contributed by atoms with Gasteiger partial charge in [0.1, 0.15) is 0 Å². The summed E-state index contributed by atoms with van der Waals surface area (Å²) in [6.07, 6.45) is 1.26. The molecule has 15 heavy (non-hydrogen) atoms. The van der Waals surface area contributed by atoms with Crippen LogP contribution in [-0.2, 0) is 0 Å². The minimum atomic E-state index is -0.411. The molecule has 0 saturated carbocycles. The van der Waals surface area contributed by atoms with Crippen LogP contribution in [0.1, 0.15) is 18.4 Å². The summed E-state index contributed by atoms with van der Waals surface area (Å²) in [6.45, 7) is 0.131. The Morgan fingerprint density at radius 3 is 2.87 bits per heavy atom.